The molecule has 3 aromatic carbocycles. The number of rotatable bonds is 8. The van der Waals surface area contributed by atoms with Crippen LogP contribution in [-0.4, -0.2) is 24.8 Å². The second kappa shape index (κ2) is 10.9. The number of aryl methyl sites for hydroxylation is 2. The zero-order chi connectivity index (χ0) is 27.5. The molecule has 39 heavy (non-hydrogen) atoms. The van der Waals surface area contributed by atoms with Gasteiger partial charge in [-0.25, -0.2) is 4.90 Å². The maximum absolute atomic E-state index is 13.6. The number of anilines is 3. The van der Waals surface area contributed by atoms with Crippen LogP contribution >= 0.6 is 11.8 Å². The van der Waals surface area contributed by atoms with Crippen LogP contribution in [0.5, 0.6) is 5.75 Å². The van der Waals surface area contributed by atoms with Crippen LogP contribution in [0.25, 0.3) is 0 Å². The summed E-state index contributed by atoms with van der Waals surface area (Å²) in [6, 6.07) is 22.7. The van der Waals surface area contributed by atoms with E-state index in [9.17, 15) is 14.4 Å². The minimum Gasteiger partial charge on any atom is -0.497 e. The van der Waals surface area contributed by atoms with Crippen molar-refractivity contribution in [2.45, 2.75) is 18.7 Å². The van der Waals surface area contributed by atoms with Gasteiger partial charge in [0, 0.05) is 16.3 Å². The summed E-state index contributed by atoms with van der Waals surface area (Å²) >= 11 is 1.18. The third-order valence-corrected chi connectivity index (χ3v) is 7.32. The molecule has 0 aliphatic carbocycles. The van der Waals surface area contributed by atoms with E-state index in [-0.39, 0.29) is 22.3 Å². The molecule has 8 nitrogen and oxygen atoms in total. The molecule has 2 N–H and O–H groups in total. The number of carbonyl (C=O) groups is 3. The molecule has 0 fully saturated rings. The van der Waals surface area contributed by atoms with Crippen molar-refractivity contribution in [3.05, 3.63) is 113 Å². The molecule has 0 saturated heterocycles. The lowest BCUT2D eigenvalue weighted by Crippen LogP contribution is -2.32. The Kier molecular flexibility index (Phi) is 7.25. The summed E-state index contributed by atoms with van der Waals surface area (Å²) < 4.78 is 10.3. The molecule has 2 heterocycles. The third kappa shape index (κ3) is 5.44. The van der Waals surface area contributed by atoms with Crippen molar-refractivity contribution in [3.8, 4) is 5.75 Å². The highest BCUT2D eigenvalue weighted by atomic mass is 32.2. The van der Waals surface area contributed by atoms with Crippen LogP contribution in [0.1, 0.15) is 21.7 Å². The number of imide groups is 1. The minimum atomic E-state index is -0.451. The predicted octanol–water partition coefficient (Wildman–Crippen LogP) is 6.15. The van der Waals surface area contributed by atoms with Gasteiger partial charge < -0.3 is 19.8 Å². The summed E-state index contributed by atoms with van der Waals surface area (Å²) in [7, 11) is 1.55. The summed E-state index contributed by atoms with van der Waals surface area (Å²) in [5.74, 6) is -0.429. The molecule has 0 radical (unpaired) electrons. The molecule has 0 atom stereocenters. The molecule has 1 aliphatic rings. The quantitative estimate of drug-likeness (QED) is 0.259. The van der Waals surface area contributed by atoms with Gasteiger partial charge in [-0.3, -0.25) is 14.4 Å². The molecule has 1 aromatic heterocycles. The molecule has 196 valence electrons. The Labute approximate surface area is 229 Å². The molecule has 0 saturated carbocycles. The van der Waals surface area contributed by atoms with E-state index in [4.69, 9.17) is 9.15 Å². The summed E-state index contributed by atoms with van der Waals surface area (Å²) in [5.41, 5.74) is 4.09. The molecule has 4 aromatic rings. The highest BCUT2D eigenvalue weighted by molar-refractivity contribution is 8.04. The standard InChI is InChI=1S/C30H25N3O5S/c1-18-6-7-21(17-19(18)2)31-26-27(30(36)33(29(26)35)22-10-12-23(37-3)13-11-22)39-24-14-8-20(9-15-24)32-28(34)25-5-4-16-38-25/h4-17,31H,1-3H3,(H,32,34). The predicted molar refractivity (Wildman–Crippen MR) is 151 cm³/mol. The first-order valence-corrected chi connectivity index (χ1v) is 12.9. The Morgan fingerprint density at radius 2 is 1.59 bits per heavy atom. The van der Waals surface area contributed by atoms with Crippen molar-refractivity contribution in [2.24, 2.45) is 0 Å². The number of amides is 3. The molecular weight excluding hydrogens is 514 g/mol. The second-order valence-electron chi connectivity index (χ2n) is 8.83. The maximum atomic E-state index is 13.6. The van der Waals surface area contributed by atoms with Crippen molar-refractivity contribution in [2.75, 3.05) is 22.6 Å². The lowest BCUT2D eigenvalue weighted by atomic mass is 10.1. The summed E-state index contributed by atoms with van der Waals surface area (Å²) in [6.45, 7) is 4.00. The van der Waals surface area contributed by atoms with E-state index < -0.39 is 11.8 Å². The van der Waals surface area contributed by atoms with Gasteiger partial charge in [0.05, 0.1) is 19.1 Å². The highest BCUT2D eigenvalue weighted by Crippen LogP contribution is 2.38. The molecule has 5 rings (SSSR count). The molecule has 0 spiro atoms. The SMILES string of the molecule is COc1ccc(N2C(=O)C(Nc3ccc(C)c(C)c3)=C(Sc3ccc(NC(=O)c4ccco4)cc3)C2=O)cc1. The van der Waals surface area contributed by atoms with Crippen LogP contribution in [0, 0.1) is 13.8 Å². The maximum Gasteiger partial charge on any atom is 0.291 e. The average molecular weight is 540 g/mol. The number of benzene rings is 3. The van der Waals surface area contributed by atoms with Crippen LogP contribution in [0.3, 0.4) is 0 Å². The number of nitrogens with zero attached hydrogens (tertiary/aromatic N) is 1. The third-order valence-electron chi connectivity index (χ3n) is 6.23. The number of nitrogens with one attached hydrogen (secondary N) is 2. The zero-order valence-electron chi connectivity index (χ0n) is 21.5. The number of thioether (sulfide) groups is 1. The van der Waals surface area contributed by atoms with E-state index in [0.29, 0.717) is 22.8 Å². The number of hydrogen-bond donors (Lipinski definition) is 2. The minimum absolute atomic E-state index is 0.194. The Hall–Kier alpha value is -4.76. The van der Waals surface area contributed by atoms with Crippen molar-refractivity contribution >= 4 is 46.5 Å². The normalized spacial score (nSPS) is 13.2. The second-order valence-corrected chi connectivity index (χ2v) is 9.91. The Morgan fingerprint density at radius 3 is 2.23 bits per heavy atom. The van der Waals surface area contributed by atoms with Crippen molar-refractivity contribution in [1.29, 1.82) is 0 Å². The van der Waals surface area contributed by atoms with Gasteiger partial charge in [0.1, 0.15) is 16.4 Å². The number of ether oxygens (including phenoxy) is 1. The number of furan rings is 1. The fraction of sp³-hybridized carbons (Fsp3) is 0.100. The first-order chi connectivity index (χ1) is 18.8. The van der Waals surface area contributed by atoms with Gasteiger partial charge >= 0.3 is 0 Å². The highest BCUT2D eigenvalue weighted by Gasteiger charge is 2.40. The Bertz CT molecular complexity index is 1580. The summed E-state index contributed by atoms with van der Waals surface area (Å²) in [4.78, 5) is 41.6. The van der Waals surface area contributed by atoms with E-state index >= 15 is 0 Å². The van der Waals surface area contributed by atoms with Crippen molar-refractivity contribution < 1.29 is 23.5 Å². The summed E-state index contributed by atoms with van der Waals surface area (Å²) in [6.07, 6.45) is 1.43. The molecule has 3 amide bonds. The van der Waals surface area contributed by atoms with E-state index in [1.807, 2.05) is 32.0 Å². The van der Waals surface area contributed by atoms with E-state index in [0.717, 1.165) is 20.9 Å². The average Bonchev–Trinajstić information content (AvgIpc) is 3.56. The lowest BCUT2D eigenvalue weighted by Gasteiger charge is -2.16. The molecular formula is C30H25N3O5S. The van der Waals surface area contributed by atoms with E-state index in [2.05, 4.69) is 10.6 Å². The van der Waals surface area contributed by atoms with Gasteiger partial charge in [-0.15, -0.1) is 0 Å². The number of carbonyl (C=O) groups excluding carboxylic acids is 3. The van der Waals surface area contributed by atoms with Crippen LogP contribution in [0.2, 0.25) is 0 Å². The fourth-order valence-corrected chi connectivity index (χ4v) is 4.90. The monoisotopic (exact) mass is 539 g/mol. The van der Waals surface area contributed by atoms with Crippen LogP contribution in [-0.2, 0) is 9.59 Å². The van der Waals surface area contributed by atoms with Gasteiger partial charge in [-0.1, -0.05) is 17.8 Å². The van der Waals surface area contributed by atoms with Gasteiger partial charge in [0.15, 0.2) is 5.76 Å². The molecule has 9 heteroatoms. The van der Waals surface area contributed by atoms with E-state index in [1.54, 1.807) is 67.8 Å². The topological polar surface area (TPSA) is 101 Å². The first kappa shape index (κ1) is 25.9. The van der Waals surface area contributed by atoms with Crippen LogP contribution in [0.15, 0.2) is 105 Å². The molecule has 0 bridgehead atoms. The number of hydrogen-bond acceptors (Lipinski definition) is 7. The molecule has 0 unspecified atom stereocenters. The van der Waals surface area contributed by atoms with Gasteiger partial charge in [0.2, 0.25) is 0 Å². The van der Waals surface area contributed by atoms with E-state index in [1.165, 1.54) is 18.0 Å². The zero-order valence-corrected chi connectivity index (χ0v) is 22.3. The van der Waals surface area contributed by atoms with Gasteiger partial charge in [0.25, 0.3) is 17.7 Å². The van der Waals surface area contributed by atoms with Crippen LogP contribution < -0.4 is 20.3 Å². The Morgan fingerprint density at radius 1 is 0.872 bits per heavy atom. The lowest BCUT2D eigenvalue weighted by molar-refractivity contribution is -0.120. The Balaban J connectivity index is 1.43. The van der Waals surface area contributed by atoms with Crippen molar-refractivity contribution in [1.82, 2.24) is 0 Å². The summed E-state index contributed by atoms with van der Waals surface area (Å²) in [5, 5.41) is 5.95. The van der Waals surface area contributed by atoms with Crippen LogP contribution in [0.4, 0.5) is 17.1 Å². The smallest absolute Gasteiger partial charge is 0.291 e. The first-order valence-electron chi connectivity index (χ1n) is 12.1. The largest absolute Gasteiger partial charge is 0.497 e. The van der Waals surface area contributed by atoms with Gasteiger partial charge in [-0.2, -0.15) is 0 Å². The van der Waals surface area contributed by atoms with Gasteiger partial charge in [-0.05, 0) is 97.8 Å². The van der Waals surface area contributed by atoms with Crippen molar-refractivity contribution in [3.63, 3.8) is 0 Å². The number of methoxy groups -OCH3 is 1. The molecule has 1 aliphatic heterocycles. The fourth-order valence-electron chi connectivity index (χ4n) is 3.97.